The minimum absolute atomic E-state index is 0.0448. The van der Waals surface area contributed by atoms with Crippen molar-refractivity contribution < 1.29 is 28.7 Å². The van der Waals surface area contributed by atoms with Crippen molar-refractivity contribution >= 4 is 24.3 Å². The average molecular weight is 533 g/mol. The van der Waals surface area contributed by atoms with Crippen LogP contribution < -0.4 is 10.6 Å². The van der Waals surface area contributed by atoms with Gasteiger partial charge in [-0.3, -0.25) is 14.4 Å². The summed E-state index contributed by atoms with van der Waals surface area (Å²) in [4.78, 5) is 52.1. The van der Waals surface area contributed by atoms with Crippen LogP contribution >= 0.6 is 0 Å². The Labute approximate surface area is 224 Å². The lowest BCUT2D eigenvalue weighted by Gasteiger charge is -2.54. The number of rotatable bonds is 12. The van der Waals surface area contributed by atoms with E-state index in [2.05, 4.69) is 21.9 Å². The highest BCUT2D eigenvalue weighted by atomic mass is 16.5. The van der Waals surface area contributed by atoms with Crippen LogP contribution in [0.3, 0.4) is 0 Å². The van der Waals surface area contributed by atoms with Gasteiger partial charge in [-0.2, -0.15) is 0 Å². The third-order valence-electron chi connectivity index (χ3n) is 6.19. The largest absolute Gasteiger partial charge is 0.464 e. The van der Waals surface area contributed by atoms with E-state index in [9.17, 15) is 19.2 Å². The van der Waals surface area contributed by atoms with E-state index in [1.54, 1.807) is 34.0 Å². The Hall–Kier alpha value is -3.48. The minimum Gasteiger partial charge on any atom is -0.464 e. The number of amides is 4. The van der Waals surface area contributed by atoms with E-state index >= 15 is 0 Å². The van der Waals surface area contributed by atoms with Gasteiger partial charge in [0.2, 0.25) is 11.8 Å². The standard InChI is InChI=1S/C22H34N6O4.C4H6O2/c1-23-11-7-10-18-21(30)26(12-13-32-3)15-19-27(18)20(29)16-25(2)28(19)22(31)24-14-17-8-5-4-6-9-17;1-2-3-6-4-5/h4-6,8-9,18-19,23H,7,10-16H2,1-3H3,(H,24,31);2,4H,1,3H2/t18-,19?;/m0./s1. The fourth-order valence-corrected chi connectivity index (χ4v) is 4.42. The van der Waals surface area contributed by atoms with Crippen LogP contribution in [0.25, 0.3) is 0 Å². The number of nitrogens with one attached hydrogen (secondary N) is 2. The number of nitrogens with zero attached hydrogens (tertiary/aromatic N) is 4. The normalized spacial score (nSPS) is 19.3. The second-order valence-electron chi connectivity index (χ2n) is 8.84. The fraction of sp³-hybridized carbons (Fsp3) is 0.538. The molecule has 38 heavy (non-hydrogen) atoms. The van der Waals surface area contributed by atoms with Gasteiger partial charge in [0.25, 0.3) is 6.47 Å². The van der Waals surface area contributed by atoms with Crippen molar-refractivity contribution in [2.45, 2.75) is 31.6 Å². The van der Waals surface area contributed by atoms with Crippen LogP contribution in [-0.4, -0.2) is 117 Å². The molecule has 0 spiro atoms. The molecule has 3 rings (SSSR count). The zero-order valence-corrected chi connectivity index (χ0v) is 22.5. The van der Waals surface area contributed by atoms with E-state index in [0.717, 1.165) is 18.5 Å². The van der Waals surface area contributed by atoms with Crippen molar-refractivity contribution in [1.82, 2.24) is 30.5 Å². The molecule has 2 fully saturated rings. The van der Waals surface area contributed by atoms with E-state index in [1.807, 2.05) is 37.4 Å². The zero-order valence-electron chi connectivity index (χ0n) is 22.5. The fourth-order valence-electron chi connectivity index (χ4n) is 4.42. The maximum Gasteiger partial charge on any atom is 0.334 e. The quantitative estimate of drug-likeness (QED) is 0.226. The molecule has 2 saturated heterocycles. The molecule has 0 radical (unpaired) electrons. The number of ether oxygens (including phenoxy) is 2. The van der Waals surface area contributed by atoms with Crippen molar-refractivity contribution in [3.8, 4) is 0 Å². The SMILES string of the molecule is C=CCOC=O.CNCCC[C@H]1C(=O)N(CCOC)CC2N1C(=O)CN(C)N2C(=O)NCc1ccccc1. The number of fused-ring (bicyclic) bond motifs is 1. The van der Waals surface area contributed by atoms with Crippen molar-refractivity contribution in [1.29, 1.82) is 0 Å². The number of benzene rings is 1. The third kappa shape index (κ3) is 8.54. The summed E-state index contributed by atoms with van der Waals surface area (Å²) in [6, 6.07) is 8.77. The predicted octanol–water partition coefficient (Wildman–Crippen LogP) is 0.416. The van der Waals surface area contributed by atoms with Gasteiger partial charge in [0.15, 0.2) is 0 Å². The monoisotopic (exact) mass is 532 g/mol. The van der Waals surface area contributed by atoms with Gasteiger partial charge in [-0.15, -0.1) is 0 Å². The topological polar surface area (TPSA) is 124 Å². The maximum absolute atomic E-state index is 13.2. The van der Waals surface area contributed by atoms with E-state index in [0.29, 0.717) is 39.2 Å². The molecule has 1 aromatic carbocycles. The molecular formula is C26H40N6O6. The van der Waals surface area contributed by atoms with Crippen LogP contribution in [-0.2, 0) is 30.4 Å². The lowest BCUT2D eigenvalue weighted by atomic mass is 10.0. The molecule has 12 heteroatoms. The highest BCUT2D eigenvalue weighted by Crippen LogP contribution is 2.27. The number of piperazine rings is 1. The summed E-state index contributed by atoms with van der Waals surface area (Å²) in [6.07, 6.45) is 2.23. The summed E-state index contributed by atoms with van der Waals surface area (Å²) in [7, 11) is 5.17. The molecule has 2 aliphatic rings. The van der Waals surface area contributed by atoms with Crippen molar-refractivity contribution in [2.75, 3.05) is 60.6 Å². The summed E-state index contributed by atoms with van der Waals surface area (Å²) in [5, 5.41) is 9.25. The predicted molar refractivity (Wildman–Crippen MR) is 141 cm³/mol. The second kappa shape index (κ2) is 16.4. The van der Waals surface area contributed by atoms with Crippen LogP contribution in [0, 0.1) is 0 Å². The molecule has 12 nitrogen and oxygen atoms in total. The van der Waals surface area contributed by atoms with Crippen LogP contribution in [0.15, 0.2) is 43.0 Å². The Morgan fingerprint density at radius 3 is 2.58 bits per heavy atom. The summed E-state index contributed by atoms with van der Waals surface area (Å²) in [5.74, 6) is -0.226. The number of carbonyl (C=O) groups excluding carboxylic acids is 4. The van der Waals surface area contributed by atoms with Gasteiger partial charge in [-0.1, -0.05) is 43.0 Å². The number of hydrazine groups is 1. The molecule has 1 aromatic rings. The molecule has 4 amide bonds. The van der Waals surface area contributed by atoms with Crippen molar-refractivity contribution in [2.24, 2.45) is 0 Å². The van der Waals surface area contributed by atoms with Gasteiger partial charge in [0, 0.05) is 27.2 Å². The second-order valence-corrected chi connectivity index (χ2v) is 8.84. The molecule has 0 bridgehead atoms. The molecule has 1 unspecified atom stereocenters. The molecule has 2 heterocycles. The molecule has 0 aliphatic carbocycles. The van der Waals surface area contributed by atoms with Crippen LogP contribution in [0.2, 0.25) is 0 Å². The average Bonchev–Trinajstić information content (AvgIpc) is 2.92. The lowest BCUT2D eigenvalue weighted by Crippen LogP contribution is -2.76. The zero-order chi connectivity index (χ0) is 27.9. The van der Waals surface area contributed by atoms with E-state index in [-0.39, 0.29) is 30.9 Å². The summed E-state index contributed by atoms with van der Waals surface area (Å²) >= 11 is 0. The Kier molecular flexibility index (Phi) is 13.3. The van der Waals surface area contributed by atoms with Gasteiger partial charge in [-0.05, 0) is 32.0 Å². The van der Waals surface area contributed by atoms with E-state index in [4.69, 9.17) is 4.74 Å². The molecular weight excluding hydrogens is 492 g/mol. The van der Waals surface area contributed by atoms with Gasteiger partial charge >= 0.3 is 6.03 Å². The highest BCUT2D eigenvalue weighted by molar-refractivity contribution is 5.91. The summed E-state index contributed by atoms with van der Waals surface area (Å²) in [5.41, 5.74) is 0.985. The van der Waals surface area contributed by atoms with Crippen LogP contribution in [0.1, 0.15) is 18.4 Å². The van der Waals surface area contributed by atoms with Crippen molar-refractivity contribution in [3.63, 3.8) is 0 Å². The summed E-state index contributed by atoms with van der Waals surface area (Å²) < 4.78 is 9.36. The number of likely N-dealkylation sites (N-methyl/N-ethyl adjacent to an activating group) is 1. The Bertz CT molecular complexity index is 909. The Morgan fingerprint density at radius 1 is 1.24 bits per heavy atom. The number of hydrogen-bond acceptors (Lipinski definition) is 8. The first-order chi connectivity index (χ1) is 18.4. The maximum atomic E-state index is 13.2. The highest BCUT2D eigenvalue weighted by Gasteiger charge is 2.50. The first kappa shape index (κ1) is 30.7. The van der Waals surface area contributed by atoms with E-state index < -0.39 is 12.2 Å². The third-order valence-corrected chi connectivity index (χ3v) is 6.19. The van der Waals surface area contributed by atoms with Crippen molar-refractivity contribution in [3.05, 3.63) is 48.6 Å². The molecule has 2 N–H and O–H groups in total. The first-order valence-corrected chi connectivity index (χ1v) is 12.6. The number of methoxy groups -OCH3 is 1. The molecule has 2 atom stereocenters. The molecule has 0 saturated carbocycles. The Balaban J connectivity index is 0.000000757. The van der Waals surface area contributed by atoms with E-state index in [1.165, 1.54) is 6.08 Å². The Morgan fingerprint density at radius 2 is 1.97 bits per heavy atom. The first-order valence-electron chi connectivity index (χ1n) is 12.6. The van der Waals surface area contributed by atoms with Crippen LogP contribution in [0.5, 0.6) is 0 Å². The van der Waals surface area contributed by atoms with Crippen LogP contribution in [0.4, 0.5) is 4.79 Å². The number of carbonyl (C=O) groups is 4. The minimum atomic E-state index is -0.593. The molecule has 0 aromatic heterocycles. The van der Waals surface area contributed by atoms with Gasteiger partial charge in [0.1, 0.15) is 18.8 Å². The summed E-state index contributed by atoms with van der Waals surface area (Å²) in [6.45, 7) is 6.24. The molecule has 210 valence electrons. The van der Waals surface area contributed by atoms with Gasteiger partial charge < -0.3 is 29.9 Å². The number of hydrogen-bond donors (Lipinski definition) is 2. The molecule has 2 aliphatic heterocycles. The van der Waals surface area contributed by atoms with Gasteiger partial charge in [0.05, 0.1) is 19.7 Å². The van der Waals surface area contributed by atoms with Gasteiger partial charge in [-0.25, -0.2) is 14.8 Å². The number of urea groups is 1. The lowest BCUT2D eigenvalue weighted by molar-refractivity contribution is -0.187. The smallest absolute Gasteiger partial charge is 0.334 e.